The molecular formula is C12H11Cl2NO3. The minimum absolute atomic E-state index is 0.217. The molecule has 2 rings (SSSR count). The molecule has 96 valence electrons. The summed E-state index contributed by atoms with van der Waals surface area (Å²) in [7, 11) is 1.31. The second-order valence-corrected chi connectivity index (χ2v) is 5.62. The number of anilines is 1. The van der Waals surface area contributed by atoms with E-state index < -0.39 is 10.3 Å². The summed E-state index contributed by atoms with van der Waals surface area (Å²) in [6.07, 6.45) is 0.461. The van der Waals surface area contributed by atoms with Gasteiger partial charge in [0.05, 0.1) is 18.6 Å². The maximum atomic E-state index is 11.7. The fraction of sp³-hybridized carbons (Fsp3) is 0.333. The van der Waals surface area contributed by atoms with Crippen LogP contribution in [0, 0.1) is 5.92 Å². The number of hydrogen-bond acceptors (Lipinski definition) is 3. The molecule has 0 saturated heterocycles. The predicted octanol–water partition coefficient (Wildman–Crippen LogP) is 2.61. The highest BCUT2D eigenvalue weighted by Crippen LogP contribution is 2.53. The predicted molar refractivity (Wildman–Crippen MR) is 69.0 cm³/mol. The number of halogens is 2. The molecule has 0 heterocycles. The Morgan fingerprint density at radius 3 is 2.33 bits per heavy atom. The first-order valence-electron chi connectivity index (χ1n) is 5.31. The third-order valence-electron chi connectivity index (χ3n) is 2.72. The summed E-state index contributed by atoms with van der Waals surface area (Å²) < 4.78 is 3.64. The lowest BCUT2D eigenvalue weighted by Crippen LogP contribution is -2.16. The largest absolute Gasteiger partial charge is 0.465 e. The normalized spacial score (nSPS) is 20.1. The van der Waals surface area contributed by atoms with E-state index in [1.165, 1.54) is 7.11 Å². The number of amides is 1. The van der Waals surface area contributed by atoms with Crippen LogP contribution in [-0.4, -0.2) is 23.3 Å². The number of esters is 1. The molecule has 1 amide bonds. The van der Waals surface area contributed by atoms with Crippen molar-refractivity contribution in [2.24, 2.45) is 5.92 Å². The Labute approximate surface area is 114 Å². The van der Waals surface area contributed by atoms with Crippen LogP contribution in [0.15, 0.2) is 24.3 Å². The van der Waals surface area contributed by atoms with Gasteiger partial charge in [-0.25, -0.2) is 4.79 Å². The van der Waals surface area contributed by atoms with Crippen molar-refractivity contribution >= 4 is 40.8 Å². The maximum absolute atomic E-state index is 11.7. The van der Waals surface area contributed by atoms with Crippen LogP contribution in [0.4, 0.5) is 5.69 Å². The van der Waals surface area contributed by atoms with Gasteiger partial charge in [0.25, 0.3) is 0 Å². The molecule has 4 nitrogen and oxygen atoms in total. The van der Waals surface area contributed by atoms with Crippen LogP contribution < -0.4 is 5.32 Å². The molecule has 1 aromatic rings. The third-order valence-corrected chi connectivity index (χ3v) is 3.55. The Bertz CT molecular complexity index is 485. The van der Waals surface area contributed by atoms with Crippen LogP contribution in [-0.2, 0) is 9.53 Å². The van der Waals surface area contributed by atoms with Crippen LogP contribution in [0.2, 0.25) is 0 Å². The van der Waals surface area contributed by atoms with E-state index in [0.29, 0.717) is 17.7 Å². The smallest absolute Gasteiger partial charge is 0.337 e. The second-order valence-electron chi connectivity index (χ2n) is 4.08. The molecule has 1 fully saturated rings. The highest BCUT2D eigenvalue weighted by atomic mass is 35.5. The van der Waals surface area contributed by atoms with Gasteiger partial charge >= 0.3 is 5.97 Å². The molecule has 0 bridgehead atoms. The van der Waals surface area contributed by atoms with Gasteiger partial charge in [-0.3, -0.25) is 4.79 Å². The Hall–Kier alpha value is -1.26. The lowest BCUT2D eigenvalue weighted by atomic mass is 10.2. The summed E-state index contributed by atoms with van der Waals surface area (Å²) in [5, 5.41) is 2.68. The van der Waals surface area contributed by atoms with Crippen molar-refractivity contribution in [1.82, 2.24) is 0 Å². The van der Waals surface area contributed by atoms with Gasteiger partial charge in [-0.15, -0.1) is 23.2 Å². The van der Waals surface area contributed by atoms with Crippen molar-refractivity contribution in [3.8, 4) is 0 Å². The van der Waals surface area contributed by atoms with Crippen molar-refractivity contribution in [2.45, 2.75) is 10.8 Å². The van der Waals surface area contributed by atoms with Gasteiger partial charge in [-0.05, 0) is 30.7 Å². The van der Waals surface area contributed by atoms with E-state index in [4.69, 9.17) is 23.2 Å². The van der Waals surface area contributed by atoms with Crippen molar-refractivity contribution < 1.29 is 14.3 Å². The molecule has 6 heteroatoms. The fourth-order valence-electron chi connectivity index (χ4n) is 1.53. The van der Waals surface area contributed by atoms with E-state index in [1.54, 1.807) is 24.3 Å². The summed E-state index contributed by atoms with van der Waals surface area (Å²) in [6.45, 7) is 0. The Morgan fingerprint density at radius 2 is 1.89 bits per heavy atom. The minimum atomic E-state index is -0.934. The Morgan fingerprint density at radius 1 is 1.33 bits per heavy atom. The molecule has 1 aliphatic carbocycles. The molecule has 1 aromatic carbocycles. The van der Waals surface area contributed by atoms with Gasteiger partial charge in [0, 0.05) is 5.69 Å². The summed E-state index contributed by atoms with van der Waals surface area (Å²) in [4.78, 5) is 22.9. The average Bonchev–Trinajstić information content (AvgIpc) is 2.98. The van der Waals surface area contributed by atoms with Crippen LogP contribution in [0.25, 0.3) is 0 Å². The number of carbonyl (C=O) groups is 2. The van der Waals surface area contributed by atoms with Gasteiger partial charge in [0.2, 0.25) is 5.91 Å². The highest BCUT2D eigenvalue weighted by molar-refractivity contribution is 6.52. The first-order valence-corrected chi connectivity index (χ1v) is 6.07. The standard InChI is InChI=1S/C12H11Cl2NO3/c1-18-11(17)7-2-4-8(5-3-7)15-10(16)9-6-12(9,13)14/h2-5,9H,6H2,1H3,(H,15,16)/t9-/m1/s1. The quantitative estimate of drug-likeness (QED) is 0.687. The first kappa shape index (κ1) is 13.2. The molecule has 0 radical (unpaired) electrons. The fourth-order valence-corrected chi connectivity index (χ4v) is 2.04. The maximum Gasteiger partial charge on any atom is 0.337 e. The molecule has 1 aliphatic rings. The number of rotatable bonds is 3. The van der Waals surface area contributed by atoms with Crippen molar-refractivity contribution in [3.63, 3.8) is 0 Å². The molecular weight excluding hydrogens is 277 g/mol. The van der Waals surface area contributed by atoms with E-state index in [9.17, 15) is 9.59 Å². The highest BCUT2D eigenvalue weighted by Gasteiger charge is 2.56. The molecule has 1 saturated carbocycles. The van der Waals surface area contributed by atoms with Gasteiger partial charge in [-0.1, -0.05) is 0 Å². The van der Waals surface area contributed by atoms with E-state index >= 15 is 0 Å². The molecule has 0 aromatic heterocycles. The summed E-state index contributed by atoms with van der Waals surface area (Å²) in [6, 6.07) is 6.39. The Balaban J connectivity index is 1.99. The SMILES string of the molecule is COC(=O)c1ccc(NC(=O)[C@H]2CC2(Cl)Cl)cc1. The summed E-state index contributed by atoms with van der Waals surface area (Å²) >= 11 is 11.6. The number of benzene rings is 1. The van der Waals surface area contributed by atoms with Gasteiger partial charge in [0.1, 0.15) is 4.33 Å². The number of ether oxygens (including phenoxy) is 1. The monoisotopic (exact) mass is 287 g/mol. The number of methoxy groups -OCH3 is 1. The lowest BCUT2D eigenvalue weighted by Gasteiger charge is -2.06. The molecule has 1 atom stereocenters. The molecule has 0 unspecified atom stereocenters. The summed E-state index contributed by atoms with van der Waals surface area (Å²) in [5.41, 5.74) is 1.01. The zero-order chi connectivity index (χ0) is 13.3. The first-order chi connectivity index (χ1) is 8.44. The number of carbonyl (C=O) groups excluding carboxylic acids is 2. The van der Waals surface area contributed by atoms with E-state index in [1.807, 2.05) is 0 Å². The topological polar surface area (TPSA) is 55.4 Å². The van der Waals surface area contributed by atoms with Crippen molar-refractivity contribution in [3.05, 3.63) is 29.8 Å². The van der Waals surface area contributed by atoms with E-state index in [0.717, 1.165) is 0 Å². The average molecular weight is 288 g/mol. The van der Waals surface area contributed by atoms with Crippen LogP contribution in [0.1, 0.15) is 16.8 Å². The van der Waals surface area contributed by atoms with E-state index in [2.05, 4.69) is 10.1 Å². The number of nitrogens with one attached hydrogen (secondary N) is 1. The summed E-state index contributed by atoms with van der Waals surface area (Å²) in [5.74, 6) is -1.01. The second kappa shape index (κ2) is 4.78. The molecule has 0 aliphatic heterocycles. The number of alkyl halides is 2. The van der Waals surface area contributed by atoms with Gasteiger partial charge < -0.3 is 10.1 Å². The van der Waals surface area contributed by atoms with Crippen LogP contribution in [0.3, 0.4) is 0 Å². The lowest BCUT2D eigenvalue weighted by molar-refractivity contribution is -0.117. The molecule has 18 heavy (non-hydrogen) atoms. The third kappa shape index (κ3) is 2.76. The minimum Gasteiger partial charge on any atom is -0.465 e. The number of hydrogen-bond donors (Lipinski definition) is 1. The van der Waals surface area contributed by atoms with Crippen molar-refractivity contribution in [2.75, 3.05) is 12.4 Å². The molecule has 1 N–H and O–H groups in total. The molecule has 0 spiro atoms. The Kier molecular flexibility index (Phi) is 3.50. The van der Waals surface area contributed by atoms with E-state index in [-0.39, 0.29) is 11.8 Å². The van der Waals surface area contributed by atoms with Gasteiger partial charge in [0.15, 0.2) is 0 Å². The van der Waals surface area contributed by atoms with Crippen molar-refractivity contribution in [1.29, 1.82) is 0 Å². The van der Waals surface area contributed by atoms with Gasteiger partial charge in [-0.2, -0.15) is 0 Å². The van der Waals surface area contributed by atoms with Crippen LogP contribution >= 0.6 is 23.2 Å². The zero-order valence-corrected chi connectivity index (χ0v) is 11.1. The van der Waals surface area contributed by atoms with Crippen LogP contribution in [0.5, 0.6) is 0 Å². The zero-order valence-electron chi connectivity index (χ0n) is 9.57.